The SMILES string of the molecule is CC[C@@H]1C(C)=C[C@@H]2/C=C\C[C@H](C)/C=C(/C)[C@@H](O)C(=O)/C=C\C(=O)[C@]23C(=O)N[C@@H]([C@H](C)c2c[nH]c4ccccc24)[C@H]13. The zero-order valence-corrected chi connectivity index (χ0v) is 24.0. The number of hydrogen-bond acceptors (Lipinski definition) is 4. The molecule has 0 saturated carbocycles. The summed E-state index contributed by atoms with van der Waals surface area (Å²) in [6.45, 7) is 10.1. The highest BCUT2D eigenvalue weighted by atomic mass is 16.3. The Morgan fingerprint density at radius 2 is 1.82 bits per heavy atom. The third-order valence-corrected chi connectivity index (χ3v) is 9.57. The van der Waals surface area contributed by atoms with Crippen molar-refractivity contribution in [2.75, 3.05) is 0 Å². The number of rotatable bonds is 3. The number of H-pyrrole nitrogens is 1. The van der Waals surface area contributed by atoms with E-state index in [9.17, 15) is 19.5 Å². The van der Waals surface area contributed by atoms with E-state index in [1.165, 1.54) is 11.6 Å². The average molecular weight is 541 g/mol. The van der Waals surface area contributed by atoms with Gasteiger partial charge in [0.15, 0.2) is 11.6 Å². The largest absolute Gasteiger partial charge is 0.381 e. The van der Waals surface area contributed by atoms with Gasteiger partial charge in [-0.15, -0.1) is 0 Å². The summed E-state index contributed by atoms with van der Waals surface area (Å²) >= 11 is 0. The van der Waals surface area contributed by atoms with Crippen LogP contribution in [-0.4, -0.2) is 39.7 Å². The van der Waals surface area contributed by atoms with Crippen molar-refractivity contribution in [2.24, 2.45) is 29.1 Å². The first-order chi connectivity index (χ1) is 19.1. The first kappa shape index (κ1) is 28.0. The number of aliphatic hydroxyl groups excluding tert-OH is 1. The van der Waals surface area contributed by atoms with Gasteiger partial charge in [-0.1, -0.05) is 68.8 Å². The second-order valence-corrected chi connectivity index (χ2v) is 12.0. The Bertz CT molecular complexity index is 1460. The lowest BCUT2D eigenvalue weighted by Gasteiger charge is -2.46. The van der Waals surface area contributed by atoms with Crippen molar-refractivity contribution >= 4 is 28.4 Å². The van der Waals surface area contributed by atoms with Gasteiger partial charge in [-0.2, -0.15) is 0 Å². The summed E-state index contributed by atoms with van der Waals surface area (Å²) in [6.07, 6.45) is 12.6. The maximum absolute atomic E-state index is 14.3. The third-order valence-electron chi connectivity index (χ3n) is 9.57. The molecule has 3 aliphatic rings. The lowest BCUT2D eigenvalue weighted by Crippen LogP contribution is -2.52. The minimum atomic E-state index is -1.39. The van der Waals surface area contributed by atoms with Crippen molar-refractivity contribution in [3.63, 3.8) is 0 Å². The van der Waals surface area contributed by atoms with E-state index in [1.54, 1.807) is 6.92 Å². The van der Waals surface area contributed by atoms with E-state index in [1.807, 2.05) is 49.5 Å². The number of hydrogen-bond donors (Lipinski definition) is 3. The quantitative estimate of drug-likeness (QED) is 0.350. The maximum atomic E-state index is 14.3. The molecule has 1 aliphatic heterocycles. The van der Waals surface area contributed by atoms with E-state index < -0.39 is 23.2 Å². The van der Waals surface area contributed by atoms with Gasteiger partial charge in [-0.3, -0.25) is 14.4 Å². The lowest BCUT2D eigenvalue weighted by atomic mass is 9.53. The summed E-state index contributed by atoms with van der Waals surface area (Å²) in [6, 6.07) is 7.84. The van der Waals surface area contributed by atoms with Crippen molar-refractivity contribution < 1.29 is 19.5 Å². The first-order valence-electron chi connectivity index (χ1n) is 14.5. The molecule has 2 aliphatic carbocycles. The molecule has 1 aromatic carbocycles. The molecule has 1 aromatic heterocycles. The van der Waals surface area contributed by atoms with E-state index in [0.29, 0.717) is 12.0 Å². The number of amides is 1. The van der Waals surface area contributed by atoms with Gasteiger partial charge >= 0.3 is 0 Å². The van der Waals surface area contributed by atoms with Gasteiger partial charge in [0.1, 0.15) is 11.5 Å². The zero-order chi connectivity index (χ0) is 28.8. The van der Waals surface area contributed by atoms with Crippen LogP contribution in [0.2, 0.25) is 0 Å². The predicted molar refractivity (Wildman–Crippen MR) is 157 cm³/mol. The molecule has 6 heteroatoms. The molecule has 210 valence electrons. The Morgan fingerprint density at radius 3 is 2.58 bits per heavy atom. The topological polar surface area (TPSA) is 99.3 Å². The van der Waals surface area contributed by atoms with E-state index in [2.05, 4.69) is 43.2 Å². The minimum absolute atomic E-state index is 0.0124. The number of allylic oxidation sites excluding steroid dienone is 6. The number of carbonyl (C=O) groups excluding carboxylic acids is 3. The Labute approximate surface area is 236 Å². The van der Waals surface area contributed by atoms with Crippen LogP contribution in [0.25, 0.3) is 10.9 Å². The zero-order valence-electron chi connectivity index (χ0n) is 24.0. The summed E-state index contributed by atoms with van der Waals surface area (Å²) in [7, 11) is 0. The fraction of sp³-hybridized carbons (Fsp3) is 0.441. The highest BCUT2D eigenvalue weighted by Crippen LogP contribution is 2.57. The highest BCUT2D eigenvalue weighted by molar-refractivity contribution is 6.15. The van der Waals surface area contributed by atoms with Gasteiger partial charge in [0, 0.05) is 40.9 Å². The van der Waals surface area contributed by atoms with Crippen molar-refractivity contribution in [3.8, 4) is 0 Å². The second-order valence-electron chi connectivity index (χ2n) is 12.0. The van der Waals surface area contributed by atoms with Crippen LogP contribution in [0.3, 0.4) is 0 Å². The monoisotopic (exact) mass is 540 g/mol. The Balaban J connectivity index is 1.67. The normalized spacial score (nSPS) is 36.6. The van der Waals surface area contributed by atoms with Crippen LogP contribution in [0.15, 0.2) is 78.1 Å². The smallest absolute Gasteiger partial charge is 0.235 e. The molecule has 6 nitrogen and oxygen atoms in total. The van der Waals surface area contributed by atoms with Gasteiger partial charge in [0.05, 0.1) is 0 Å². The third kappa shape index (κ3) is 4.43. The van der Waals surface area contributed by atoms with Crippen LogP contribution in [0.4, 0.5) is 0 Å². The van der Waals surface area contributed by atoms with Gasteiger partial charge in [-0.25, -0.2) is 0 Å². The molecule has 8 atom stereocenters. The molecule has 5 rings (SSSR count). The number of benzene rings is 1. The van der Waals surface area contributed by atoms with Gasteiger partial charge < -0.3 is 15.4 Å². The van der Waals surface area contributed by atoms with Crippen molar-refractivity contribution in [1.29, 1.82) is 0 Å². The molecule has 1 saturated heterocycles. The second kappa shape index (κ2) is 10.8. The number of aliphatic hydroxyl groups is 1. The molecule has 1 amide bonds. The van der Waals surface area contributed by atoms with Crippen LogP contribution < -0.4 is 5.32 Å². The molecule has 1 spiro atoms. The highest BCUT2D eigenvalue weighted by Gasteiger charge is 2.66. The molecular weight excluding hydrogens is 500 g/mol. The minimum Gasteiger partial charge on any atom is -0.381 e. The summed E-state index contributed by atoms with van der Waals surface area (Å²) in [5.74, 6) is -1.95. The number of ketones is 2. The summed E-state index contributed by atoms with van der Waals surface area (Å²) < 4.78 is 0. The van der Waals surface area contributed by atoms with Crippen LogP contribution in [0, 0.1) is 29.1 Å². The maximum Gasteiger partial charge on any atom is 0.235 e. The number of aromatic nitrogens is 1. The standard InChI is InChI=1S/C34H40N2O4/c1-6-24-20(3)17-23-11-9-10-19(2)16-21(4)32(39)28(37)14-15-29(38)34(23)30(24)31(36-33(34)40)22(5)26-18-35-27-13-8-7-12-25(26)27/h7-9,11-19,22-24,30-32,35,39H,6,10H2,1-5H3,(H,36,40)/b11-9-,15-14-,21-16-/t19-,22+,23-,24+,30-,31-,32+,34+/m0/s1. The van der Waals surface area contributed by atoms with E-state index in [-0.39, 0.29) is 41.4 Å². The summed E-state index contributed by atoms with van der Waals surface area (Å²) in [5, 5.41) is 15.0. The van der Waals surface area contributed by atoms with Crippen molar-refractivity contribution in [3.05, 3.63) is 83.6 Å². The number of fused-ring (bicyclic) bond motifs is 1. The fourth-order valence-corrected chi connectivity index (χ4v) is 7.54. The molecule has 3 N–H and O–H groups in total. The van der Waals surface area contributed by atoms with E-state index in [0.717, 1.165) is 29.0 Å². The molecule has 2 heterocycles. The van der Waals surface area contributed by atoms with Gasteiger partial charge in [0.25, 0.3) is 0 Å². The van der Waals surface area contributed by atoms with E-state index >= 15 is 0 Å². The van der Waals surface area contributed by atoms with E-state index in [4.69, 9.17) is 0 Å². The molecular formula is C34H40N2O4. The van der Waals surface area contributed by atoms with Crippen molar-refractivity contribution in [1.82, 2.24) is 10.3 Å². The number of para-hydroxylation sites is 1. The molecule has 2 aromatic rings. The first-order valence-corrected chi connectivity index (χ1v) is 14.5. The number of carbonyl (C=O) groups is 3. The Kier molecular flexibility index (Phi) is 7.58. The predicted octanol–water partition coefficient (Wildman–Crippen LogP) is 5.57. The molecule has 0 bridgehead atoms. The number of nitrogens with one attached hydrogen (secondary N) is 2. The molecule has 0 unspecified atom stereocenters. The number of aromatic amines is 1. The summed E-state index contributed by atoms with van der Waals surface area (Å²) in [4.78, 5) is 44.8. The lowest BCUT2D eigenvalue weighted by molar-refractivity contribution is -0.142. The molecule has 40 heavy (non-hydrogen) atoms. The van der Waals surface area contributed by atoms with Gasteiger partial charge in [0.2, 0.25) is 5.91 Å². The van der Waals surface area contributed by atoms with Gasteiger partial charge in [-0.05, 0) is 67.9 Å². The summed E-state index contributed by atoms with van der Waals surface area (Å²) in [5.41, 5.74) is 2.49. The fourth-order valence-electron chi connectivity index (χ4n) is 7.54. The Hall–Kier alpha value is -3.51. The van der Waals surface area contributed by atoms with Crippen LogP contribution in [0.5, 0.6) is 0 Å². The molecule has 1 fully saturated rings. The van der Waals surface area contributed by atoms with Crippen LogP contribution in [-0.2, 0) is 14.4 Å². The van der Waals surface area contributed by atoms with Crippen LogP contribution >= 0.6 is 0 Å². The Morgan fingerprint density at radius 1 is 1.07 bits per heavy atom. The average Bonchev–Trinajstić information content (AvgIpc) is 3.50. The van der Waals surface area contributed by atoms with Crippen LogP contribution in [0.1, 0.15) is 58.9 Å². The van der Waals surface area contributed by atoms with Crippen molar-refractivity contribution in [2.45, 2.75) is 65.5 Å². The molecule has 0 radical (unpaired) electrons.